The van der Waals surface area contributed by atoms with Gasteiger partial charge in [-0.2, -0.15) is 0 Å². The number of aromatic hydroxyl groups is 2. The van der Waals surface area contributed by atoms with Crippen LogP contribution in [0.5, 0.6) is 23.0 Å². The van der Waals surface area contributed by atoms with E-state index in [2.05, 4.69) is 11.4 Å². The van der Waals surface area contributed by atoms with Crippen molar-refractivity contribution in [3.63, 3.8) is 0 Å². The lowest BCUT2D eigenvalue weighted by Crippen LogP contribution is -2.28. The number of hydrogen-bond donors (Lipinski definition) is 3. The number of rotatable bonds is 11. The average Bonchev–Trinajstić information content (AvgIpc) is 3.27. The quantitative estimate of drug-likeness (QED) is 0.258. The Morgan fingerprint density at radius 3 is 2.52 bits per heavy atom. The Hall–Kier alpha value is -3.52. The summed E-state index contributed by atoms with van der Waals surface area (Å²) >= 11 is 0. The van der Waals surface area contributed by atoms with Crippen molar-refractivity contribution in [3.05, 3.63) is 52.6 Å². The molecular formula is C36H47NO7. The fourth-order valence-electron chi connectivity index (χ4n) is 7.91. The standard InChI is InChI=1S/C36H47NO7/c1-21(38)44-25(14-12-22-13-15-32(40)33(16-22)42-3)18-24(39)19-28-26-9-6-5-8-23(26)17-30-31(37-2)11-7-10-27-35(30)29(28)20-34(43-4)36(27)41/h13,15-17,20,23,25-26,28,31,37,40-41H,5-12,14,18-19H2,1-4H3/t23-,25+,26+,28-,31+/m0/s1. The Kier molecular flexibility index (Phi) is 10.2. The second-order valence-corrected chi connectivity index (χ2v) is 12.7. The summed E-state index contributed by atoms with van der Waals surface area (Å²) in [5.74, 6) is 1.42. The van der Waals surface area contributed by atoms with Gasteiger partial charge >= 0.3 is 5.97 Å². The first-order chi connectivity index (χ1) is 21.2. The van der Waals surface area contributed by atoms with E-state index < -0.39 is 12.1 Å². The van der Waals surface area contributed by atoms with Gasteiger partial charge in [0.25, 0.3) is 0 Å². The molecule has 5 atom stereocenters. The Balaban J connectivity index is 1.45. The first-order valence-corrected chi connectivity index (χ1v) is 16.1. The third-order valence-corrected chi connectivity index (χ3v) is 9.97. The van der Waals surface area contributed by atoms with E-state index in [-0.39, 0.29) is 35.7 Å². The Morgan fingerprint density at radius 2 is 1.80 bits per heavy atom. The predicted octanol–water partition coefficient (Wildman–Crippen LogP) is 6.24. The summed E-state index contributed by atoms with van der Waals surface area (Å²) in [6, 6.07) is 7.33. The third-order valence-electron chi connectivity index (χ3n) is 9.97. The zero-order chi connectivity index (χ0) is 31.4. The highest BCUT2D eigenvalue weighted by molar-refractivity contribution is 5.83. The minimum Gasteiger partial charge on any atom is -0.504 e. The van der Waals surface area contributed by atoms with E-state index in [1.807, 2.05) is 19.2 Å². The second kappa shape index (κ2) is 14.1. The lowest BCUT2D eigenvalue weighted by Gasteiger charge is -2.35. The molecule has 3 aliphatic carbocycles. The number of esters is 1. The van der Waals surface area contributed by atoms with Crippen molar-refractivity contribution >= 4 is 17.3 Å². The van der Waals surface area contributed by atoms with E-state index in [0.717, 1.165) is 60.8 Å². The van der Waals surface area contributed by atoms with E-state index in [1.54, 1.807) is 19.2 Å². The molecule has 0 aromatic heterocycles. The molecule has 0 heterocycles. The first kappa shape index (κ1) is 31.9. The minimum atomic E-state index is -0.554. The van der Waals surface area contributed by atoms with Crippen LogP contribution in [0.2, 0.25) is 0 Å². The van der Waals surface area contributed by atoms with Crippen LogP contribution in [-0.2, 0) is 27.2 Å². The van der Waals surface area contributed by atoms with E-state index in [9.17, 15) is 19.8 Å². The highest BCUT2D eigenvalue weighted by atomic mass is 16.5. The molecular weight excluding hydrogens is 558 g/mol. The number of ketones is 1. The summed E-state index contributed by atoms with van der Waals surface area (Å²) in [7, 11) is 5.10. The SMILES string of the molecule is CN[C@@H]1CCCc2c(O)c(OC)cc3c2C1=C[C@@H]1CCCC[C@H]1[C@@H]3CC(=O)C[C@@H](CCc1ccc(O)c(OC)c1)OC(C)=O. The number of nitrogens with one attached hydrogen (secondary N) is 1. The molecule has 0 amide bonds. The fraction of sp³-hybridized carbons (Fsp3) is 0.556. The maximum atomic E-state index is 14.0. The van der Waals surface area contributed by atoms with Gasteiger partial charge in [0, 0.05) is 31.4 Å². The van der Waals surface area contributed by atoms with Gasteiger partial charge in [0.2, 0.25) is 0 Å². The van der Waals surface area contributed by atoms with E-state index in [1.165, 1.54) is 26.0 Å². The van der Waals surface area contributed by atoms with Crippen molar-refractivity contribution < 1.29 is 34.0 Å². The number of hydrogen-bond acceptors (Lipinski definition) is 8. The highest BCUT2D eigenvalue weighted by Gasteiger charge is 2.41. The summed E-state index contributed by atoms with van der Waals surface area (Å²) < 4.78 is 16.6. The van der Waals surface area contributed by atoms with Crippen LogP contribution >= 0.6 is 0 Å². The molecule has 0 saturated heterocycles. The molecule has 2 aromatic carbocycles. The summed E-state index contributed by atoms with van der Waals surface area (Å²) in [4.78, 5) is 26.0. The van der Waals surface area contributed by atoms with Gasteiger partial charge in [-0.25, -0.2) is 0 Å². The molecule has 0 spiro atoms. The monoisotopic (exact) mass is 605 g/mol. The minimum absolute atomic E-state index is 0.0280. The first-order valence-electron chi connectivity index (χ1n) is 16.1. The van der Waals surface area contributed by atoms with Gasteiger partial charge < -0.3 is 29.7 Å². The summed E-state index contributed by atoms with van der Waals surface area (Å²) in [6.07, 6.45) is 10.6. The number of ether oxygens (including phenoxy) is 3. The number of carbonyl (C=O) groups is 2. The van der Waals surface area contributed by atoms with E-state index in [0.29, 0.717) is 42.6 Å². The largest absolute Gasteiger partial charge is 0.504 e. The number of likely N-dealkylation sites (N-methyl/N-ethyl adjacent to an activating group) is 1. The van der Waals surface area contributed by atoms with E-state index >= 15 is 0 Å². The lowest BCUT2D eigenvalue weighted by atomic mass is 9.69. The van der Waals surface area contributed by atoms with Crippen LogP contribution in [0.15, 0.2) is 30.3 Å². The number of carbonyl (C=O) groups excluding carboxylic acids is 2. The van der Waals surface area contributed by atoms with Gasteiger partial charge in [-0.3, -0.25) is 9.59 Å². The van der Waals surface area contributed by atoms with Gasteiger partial charge in [0.15, 0.2) is 23.0 Å². The van der Waals surface area contributed by atoms with Crippen molar-refractivity contribution in [1.29, 1.82) is 0 Å². The van der Waals surface area contributed by atoms with Crippen LogP contribution in [0, 0.1) is 11.8 Å². The van der Waals surface area contributed by atoms with Crippen LogP contribution in [0.1, 0.15) is 92.9 Å². The van der Waals surface area contributed by atoms with Crippen LogP contribution in [0.25, 0.3) is 5.57 Å². The summed E-state index contributed by atoms with van der Waals surface area (Å²) in [5.41, 5.74) is 5.31. The molecule has 8 heteroatoms. The molecule has 1 fully saturated rings. The average molecular weight is 606 g/mol. The topological polar surface area (TPSA) is 114 Å². The molecule has 0 bridgehead atoms. The lowest BCUT2D eigenvalue weighted by molar-refractivity contribution is -0.147. The van der Waals surface area contributed by atoms with Crippen molar-refractivity contribution in [2.24, 2.45) is 11.8 Å². The van der Waals surface area contributed by atoms with Crippen LogP contribution in [-0.4, -0.2) is 55.4 Å². The molecule has 238 valence electrons. The van der Waals surface area contributed by atoms with Crippen LogP contribution < -0.4 is 14.8 Å². The van der Waals surface area contributed by atoms with Crippen molar-refractivity contribution in [3.8, 4) is 23.0 Å². The number of fused-ring (bicyclic) bond motifs is 1. The number of phenols is 2. The van der Waals surface area contributed by atoms with Gasteiger partial charge in [-0.1, -0.05) is 25.0 Å². The predicted molar refractivity (Wildman–Crippen MR) is 169 cm³/mol. The van der Waals surface area contributed by atoms with Crippen molar-refractivity contribution in [2.45, 2.75) is 95.6 Å². The zero-order valence-corrected chi connectivity index (χ0v) is 26.5. The number of allylic oxidation sites excluding steroid dienone is 1. The van der Waals surface area contributed by atoms with E-state index in [4.69, 9.17) is 14.2 Å². The molecule has 3 N–H and O–H groups in total. The molecule has 0 unspecified atom stereocenters. The molecule has 5 rings (SSSR count). The smallest absolute Gasteiger partial charge is 0.302 e. The summed E-state index contributed by atoms with van der Waals surface area (Å²) in [5, 5.41) is 24.8. The molecule has 0 radical (unpaired) electrons. The maximum absolute atomic E-state index is 14.0. The Bertz CT molecular complexity index is 1400. The van der Waals surface area contributed by atoms with Gasteiger partial charge in [-0.05, 0) is 110 Å². The molecule has 1 saturated carbocycles. The number of aryl methyl sites for hydroxylation is 1. The number of Topliss-reactive ketones (excluding diaryl/α,β-unsaturated/α-hetero) is 1. The normalized spacial score (nSPS) is 23.2. The van der Waals surface area contributed by atoms with Crippen LogP contribution in [0.3, 0.4) is 0 Å². The second-order valence-electron chi connectivity index (χ2n) is 12.7. The molecule has 3 aliphatic rings. The fourth-order valence-corrected chi connectivity index (χ4v) is 7.91. The molecule has 2 aromatic rings. The molecule has 8 nitrogen and oxygen atoms in total. The zero-order valence-electron chi connectivity index (χ0n) is 26.5. The highest BCUT2D eigenvalue weighted by Crippen LogP contribution is 2.53. The summed E-state index contributed by atoms with van der Waals surface area (Å²) in [6.45, 7) is 1.38. The Labute approximate surface area is 260 Å². The molecule has 44 heavy (non-hydrogen) atoms. The van der Waals surface area contributed by atoms with Crippen molar-refractivity contribution in [1.82, 2.24) is 5.32 Å². The third kappa shape index (κ3) is 6.75. The number of benzene rings is 2. The molecule has 0 aliphatic heterocycles. The number of methoxy groups -OCH3 is 2. The maximum Gasteiger partial charge on any atom is 0.302 e. The Morgan fingerprint density at radius 1 is 1.02 bits per heavy atom. The van der Waals surface area contributed by atoms with Gasteiger partial charge in [0.1, 0.15) is 11.9 Å². The van der Waals surface area contributed by atoms with Gasteiger partial charge in [-0.15, -0.1) is 0 Å². The number of phenolic OH excluding ortho intramolecular Hbond substituents is 2. The van der Waals surface area contributed by atoms with Gasteiger partial charge in [0.05, 0.1) is 14.2 Å². The van der Waals surface area contributed by atoms with Crippen LogP contribution in [0.4, 0.5) is 0 Å². The van der Waals surface area contributed by atoms with Crippen molar-refractivity contribution in [2.75, 3.05) is 21.3 Å².